The average Bonchev–Trinajstić information content (AvgIpc) is 2.69. The van der Waals surface area contributed by atoms with Crippen LogP contribution in [0.5, 0.6) is 0 Å². The molecule has 2 rings (SSSR count). The molecular weight excluding hydrogens is 266 g/mol. The van der Waals surface area contributed by atoms with Gasteiger partial charge in [-0.3, -0.25) is 5.01 Å². The van der Waals surface area contributed by atoms with Crippen molar-refractivity contribution in [1.29, 1.82) is 0 Å². The molecule has 0 spiro atoms. The Hall–Kier alpha value is -0.840. The van der Waals surface area contributed by atoms with E-state index < -0.39 is 0 Å². The van der Waals surface area contributed by atoms with Crippen molar-refractivity contribution in [2.45, 2.75) is 38.8 Å². The van der Waals surface area contributed by atoms with Crippen LogP contribution in [0.1, 0.15) is 33.1 Å². The molecule has 1 unspecified atom stereocenters. The van der Waals surface area contributed by atoms with Crippen molar-refractivity contribution >= 4 is 34.6 Å². The van der Waals surface area contributed by atoms with E-state index in [-0.39, 0.29) is 5.66 Å². The Morgan fingerprint density at radius 1 is 1.28 bits per heavy atom. The fraction of sp³-hybridized carbons (Fsp3) is 0.462. The van der Waals surface area contributed by atoms with E-state index in [0.29, 0.717) is 5.11 Å². The van der Waals surface area contributed by atoms with Crippen molar-refractivity contribution in [3.8, 4) is 0 Å². The lowest BCUT2D eigenvalue weighted by Gasteiger charge is -2.28. The van der Waals surface area contributed by atoms with Gasteiger partial charge < -0.3 is 5.32 Å². The first-order valence-electron chi connectivity index (χ1n) is 6.26. The molecule has 1 aliphatic rings. The number of halogens is 1. The maximum absolute atomic E-state index is 5.90. The van der Waals surface area contributed by atoms with E-state index in [1.165, 1.54) is 0 Å². The van der Waals surface area contributed by atoms with E-state index in [1.54, 1.807) is 0 Å². The standard InChI is InChI=1S/C13H18ClN3S/c1-3-9-13(4-2)15-12(18)17(16-13)11-7-5-10(14)6-8-11/h5-8,16H,3-4,9H2,1-2H3,(H,15,18). The van der Waals surface area contributed by atoms with Crippen molar-refractivity contribution in [3.63, 3.8) is 0 Å². The summed E-state index contributed by atoms with van der Waals surface area (Å²) in [5.74, 6) is 0. The van der Waals surface area contributed by atoms with Crippen molar-refractivity contribution < 1.29 is 0 Å². The predicted octanol–water partition coefficient (Wildman–Crippen LogP) is 3.45. The van der Waals surface area contributed by atoms with Crippen LogP contribution < -0.4 is 15.8 Å². The molecule has 98 valence electrons. The van der Waals surface area contributed by atoms with E-state index >= 15 is 0 Å². The van der Waals surface area contributed by atoms with Gasteiger partial charge in [0.15, 0.2) is 5.11 Å². The fourth-order valence-electron chi connectivity index (χ4n) is 2.21. The average molecular weight is 284 g/mol. The van der Waals surface area contributed by atoms with Crippen molar-refractivity contribution in [3.05, 3.63) is 29.3 Å². The third kappa shape index (κ3) is 2.60. The largest absolute Gasteiger partial charge is 0.342 e. The van der Waals surface area contributed by atoms with Crippen LogP contribution in [0.2, 0.25) is 5.02 Å². The van der Waals surface area contributed by atoms with Gasteiger partial charge in [-0.1, -0.05) is 31.9 Å². The zero-order chi connectivity index (χ0) is 13.2. The van der Waals surface area contributed by atoms with Gasteiger partial charge in [0.05, 0.1) is 5.69 Å². The number of benzene rings is 1. The van der Waals surface area contributed by atoms with Gasteiger partial charge >= 0.3 is 0 Å². The summed E-state index contributed by atoms with van der Waals surface area (Å²) in [6.07, 6.45) is 3.11. The summed E-state index contributed by atoms with van der Waals surface area (Å²) in [6.45, 7) is 4.33. The Morgan fingerprint density at radius 2 is 1.94 bits per heavy atom. The van der Waals surface area contributed by atoms with Gasteiger partial charge in [0.1, 0.15) is 5.66 Å². The zero-order valence-corrected chi connectivity index (χ0v) is 12.2. The summed E-state index contributed by atoms with van der Waals surface area (Å²) < 4.78 is 0. The van der Waals surface area contributed by atoms with Crippen LogP contribution in [-0.2, 0) is 0 Å². The van der Waals surface area contributed by atoms with Crippen molar-refractivity contribution in [2.24, 2.45) is 0 Å². The fourth-order valence-corrected chi connectivity index (χ4v) is 2.69. The third-order valence-electron chi connectivity index (χ3n) is 3.24. The number of thiocarbonyl (C=S) groups is 1. The van der Waals surface area contributed by atoms with E-state index in [4.69, 9.17) is 23.8 Å². The number of rotatable bonds is 4. The Kier molecular flexibility index (Phi) is 4.10. The molecule has 0 bridgehead atoms. The number of hydrazine groups is 1. The van der Waals surface area contributed by atoms with Gasteiger partial charge in [-0.05, 0) is 49.3 Å². The van der Waals surface area contributed by atoms with Crippen LogP contribution >= 0.6 is 23.8 Å². The molecule has 1 aromatic rings. The summed E-state index contributed by atoms with van der Waals surface area (Å²) in [7, 11) is 0. The number of hydrogen-bond acceptors (Lipinski definition) is 2. The molecule has 1 aromatic carbocycles. The predicted molar refractivity (Wildman–Crippen MR) is 80.7 cm³/mol. The molecular formula is C13H18ClN3S. The molecule has 0 aliphatic carbocycles. The second-order valence-electron chi connectivity index (χ2n) is 4.54. The van der Waals surface area contributed by atoms with Crippen molar-refractivity contribution in [1.82, 2.24) is 10.7 Å². The molecule has 0 radical (unpaired) electrons. The number of nitrogens with one attached hydrogen (secondary N) is 2. The second kappa shape index (κ2) is 5.43. The molecule has 2 N–H and O–H groups in total. The lowest BCUT2D eigenvalue weighted by Crippen LogP contribution is -2.50. The summed E-state index contributed by atoms with van der Waals surface area (Å²) in [4.78, 5) is 0. The molecule has 1 aliphatic heterocycles. The normalized spacial score (nSPS) is 23.3. The molecule has 5 heteroatoms. The van der Waals surface area contributed by atoms with Crippen LogP contribution in [0, 0.1) is 0 Å². The van der Waals surface area contributed by atoms with Crippen LogP contribution in [0.15, 0.2) is 24.3 Å². The Labute approximate surface area is 118 Å². The minimum absolute atomic E-state index is 0.120. The highest BCUT2D eigenvalue weighted by atomic mass is 35.5. The Morgan fingerprint density at radius 3 is 2.50 bits per heavy atom. The van der Waals surface area contributed by atoms with Crippen LogP contribution in [-0.4, -0.2) is 10.8 Å². The minimum Gasteiger partial charge on any atom is -0.342 e. The minimum atomic E-state index is -0.120. The second-order valence-corrected chi connectivity index (χ2v) is 5.36. The molecule has 1 saturated heterocycles. The SMILES string of the molecule is CCCC1(CC)NC(=S)N(c2ccc(Cl)cc2)N1. The lowest BCUT2D eigenvalue weighted by molar-refractivity contribution is 0.300. The van der Waals surface area contributed by atoms with E-state index in [1.807, 2.05) is 29.3 Å². The maximum atomic E-state index is 5.90. The summed E-state index contributed by atoms with van der Waals surface area (Å²) in [6, 6.07) is 7.65. The highest BCUT2D eigenvalue weighted by Gasteiger charge is 2.38. The molecule has 18 heavy (non-hydrogen) atoms. The Bertz CT molecular complexity index is 434. The lowest BCUT2D eigenvalue weighted by atomic mass is 10.0. The quantitative estimate of drug-likeness (QED) is 0.828. The molecule has 0 amide bonds. The summed E-state index contributed by atoms with van der Waals surface area (Å²) >= 11 is 11.3. The van der Waals surface area contributed by atoms with Crippen LogP contribution in [0.4, 0.5) is 5.69 Å². The monoisotopic (exact) mass is 283 g/mol. The molecule has 1 fully saturated rings. The highest BCUT2D eigenvalue weighted by Crippen LogP contribution is 2.25. The van der Waals surface area contributed by atoms with Gasteiger partial charge in [-0.25, -0.2) is 5.43 Å². The molecule has 3 nitrogen and oxygen atoms in total. The van der Waals surface area contributed by atoms with Gasteiger partial charge in [-0.2, -0.15) is 0 Å². The first kappa shape index (κ1) is 13.6. The number of hydrogen-bond donors (Lipinski definition) is 2. The van der Waals surface area contributed by atoms with E-state index in [0.717, 1.165) is 30.0 Å². The van der Waals surface area contributed by atoms with E-state index in [9.17, 15) is 0 Å². The molecule has 0 saturated carbocycles. The highest BCUT2D eigenvalue weighted by molar-refractivity contribution is 7.80. The number of nitrogens with zero attached hydrogens (tertiary/aromatic N) is 1. The van der Waals surface area contributed by atoms with Gasteiger partial charge in [0.2, 0.25) is 0 Å². The third-order valence-corrected chi connectivity index (χ3v) is 3.78. The maximum Gasteiger partial charge on any atom is 0.189 e. The van der Waals surface area contributed by atoms with Crippen LogP contribution in [0.3, 0.4) is 0 Å². The molecule has 1 heterocycles. The smallest absolute Gasteiger partial charge is 0.189 e. The van der Waals surface area contributed by atoms with Gasteiger partial charge in [0.25, 0.3) is 0 Å². The molecule has 0 aromatic heterocycles. The topological polar surface area (TPSA) is 27.3 Å². The van der Waals surface area contributed by atoms with Crippen molar-refractivity contribution in [2.75, 3.05) is 5.01 Å². The van der Waals surface area contributed by atoms with E-state index in [2.05, 4.69) is 24.6 Å². The summed E-state index contributed by atoms with van der Waals surface area (Å²) in [5, 5.41) is 6.76. The van der Waals surface area contributed by atoms with Crippen LogP contribution in [0.25, 0.3) is 0 Å². The van der Waals surface area contributed by atoms with Gasteiger partial charge in [-0.15, -0.1) is 0 Å². The Balaban J connectivity index is 2.21. The first-order valence-corrected chi connectivity index (χ1v) is 7.04. The summed E-state index contributed by atoms with van der Waals surface area (Å²) in [5.41, 5.74) is 4.36. The van der Waals surface area contributed by atoms with Gasteiger partial charge in [0, 0.05) is 5.02 Å². The first-order chi connectivity index (χ1) is 8.60. The number of anilines is 1. The molecule has 1 atom stereocenters. The zero-order valence-electron chi connectivity index (χ0n) is 10.7.